The lowest BCUT2D eigenvalue weighted by Gasteiger charge is -2.10. The zero-order chi connectivity index (χ0) is 10.4. The standard InChI is InChI=1S/C12H14O2/c1-4-10-11(13-5-2)8-7-9-12(10)14-6-3/h1,7-9H,5-6H2,2-3H3. The molecule has 0 aliphatic rings. The van der Waals surface area contributed by atoms with E-state index >= 15 is 0 Å². The van der Waals surface area contributed by atoms with Crippen LogP contribution in [0, 0.1) is 12.3 Å². The molecule has 0 atom stereocenters. The lowest BCUT2D eigenvalue weighted by Crippen LogP contribution is -1.98. The zero-order valence-electron chi connectivity index (χ0n) is 8.54. The first-order valence-electron chi connectivity index (χ1n) is 4.68. The first-order valence-corrected chi connectivity index (χ1v) is 4.68. The van der Waals surface area contributed by atoms with Gasteiger partial charge in [-0.1, -0.05) is 12.0 Å². The first kappa shape index (κ1) is 10.5. The van der Waals surface area contributed by atoms with Crippen LogP contribution in [0.3, 0.4) is 0 Å². The Morgan fingerprint density at radius 2 is 1.64 bits per heavy atom. The van der Waals surface area contributed by atoms with Crippen molar-refractivity contribution in [2.24, 2.45) is 0 Å². The second-order valence-corrected chi connectivity index (χ2v) is 2.64. The summed E-state index contributed by atoms with van der Waals surface area (Å²) in [7, 11) is 0. The van der Waals surface area contributed by atoms with E-state index in [2.05, 4.69) is 5.92 Å². The lowest BCUT2D eigenvalue weighted by atomic mass is 10.2. The van der Waals surface area contributed by atoms with E-state index in [9.17, 15) is 0 Å². The molecular formula is C12H14O2. The Morgan fingerprint density at radius 1 is 1.14 bits per heavy atom. The van der Waals surface area contributed by atoms with Crippen molar-refractivity contribution in [3.05, 3.63) is 23.8 Å². The fourth-order valence-electron chi connectivity index (χ4n) is 1.20. The number of hydrogen-bond acceptors (Lipinski definition) is 2. The van der Waals surface area contributed by atoms with E-state index in [1.807, 2.05) is 32.0 Å². The topological polar surface area (TPSA) is 18.5 Å². The molecule has 1 aromatic rings. The molecule has 2 heteroatoms. The largest absolute Gasteiger partial charge is 0.492 e. The van der Waals surface area contributed by atoms with Gasteiger partial charge in [0.15, 0.2) is 0 Å². The van der Waals surface area contributed by atoms with Crippen molar-refractivity contribution in [3.8, 4) is 23.8 Å². The maximum Gasteiger partial charge on any atom is 0.138 e. The molecule has 0 bridgehead atoms. The Balaban J connectivity index is 3.06. The van der Waals surface area contributed by atoms with Crippen LogP contribution in [0.2, 0.25) is 0 Å². The third-order valence-electron chi connectivity index (χ3n) is 1.73. The maximum atomic E-state index is 5.40. The lowest BCUT2D eigenvalue weighted by molar-refractivity contribution is 0.321. The van der Waals surface area contributed by atoms with Crippen LogP contribution in [0.15, 0.2) is 18.2 Å². The van der Waals surface area contributed by atoms with Gasteiger partial charge in [0.05, 0.1) is 13.2 Å². The van der Waals surface area contributed by atoms with Gasteiger partial charge in [0.1, 0.15) is 17.1 Å². The minimum atomic E-state index is 0.601. The Kier molecular flexibility index (Phi) is 3.87. The number of terminal acetylenes is 1. The molecule has 0 aliphatic heterocycles. The summed E-state index contributed by atoms with van der Waals surface area (Å²) in [5.74, 6) is 4.00. The van der Waals surface area contributed by atoms with E-state index in [0.29, 0.717) is 30.3 Å². The van der Waals surface area contributed by atoms with Gasteiger partial charge in [-0.05, 0) is 26.0 Å². The second kappa shape index (κ2) is 5.18. The first-order chi connectivity index (χ1) is 6.83. The second-order valence-electron chi connectivity index (χ2n) is 2.64. The molecule has 0 N–H and O–H groups in total. The summed E-state index contributed by atoms with van der Waals surface area (Å²) in [6.45, 7) is 5.05. The molecule has 1 rings (SSSR count). The Labute approximate surface area is 84.8 Å². The van der Waals surface area contributed by atoms with Crippen LogP contribution >= 0.6 is 0 Å². The molecule has 1 aromatic carbocycles. The highest BCUT2D eigenvalue weighted by Gasteiger charge is 2.06. The number of ether oxygens (including phenoxy) is 2. The molecule has 0 aliphatic carbocycles. The van der Waals surface area contributed by atoms with Crippen molar-refractivity contribution in [3.63, 3.8) is 0 Å². The SMILES string of the molecule is C#Cc1c(OCC)cccc1OCC. The summed E-state index contributed by atoms with van der Waals surface area (Å²) in [4.78, 5) is 0. The zero-order valence-corrected chi connectivity index (χ0v) is 8.54. The van der Waals surface area contributed by atoms with Gasteiger partial charge in [-0.15, -0.1) is 6.42 Å². The molecule has 0 saturated carbocycles. The highest BCUT2D eigenvalue weighted by Crippen LogP contribution is 2.27. The predicted octanol–water partition coefficient (Wildman–Crippen LogP) is 2.47. The smallest absolute Gasteiger partial charge is 0.138 e. The molecule has 14 heavy (non-hydrogen) atoms. The highest BCUT2D eigenvalue weighted by molar-refractivity contribution is 5.54. The molecule has 0 aromatic heterocycles. The van der Waals surface area contributed by atoms with Crippen LogP contribution in [-0.2, 0) is 0 Å². The van der Waals surface area contributed by atoms with Crippen LogP contribution in [0.5, 0.6) is 11.5 Å². The molecule has 0 amide bonds. The van der Waals surface area contributed by atoms with Gasteiger partial charge in [0, 0.05) is 0 Å². The van der Waals surface area contributed by atoms with Crippen LogP contribution in [0.25, 0.3) is 0 Å². The Hall–Kier alpha value is -1.62. The number of benzene rings is 1. The summed E-state index contributed by atoms with van der Waals surface area (Å²) in [6, 6.07) is 5.57. The molecule has 0 radical (unpaired) electrons. The van der Waals surface area contributed by atoms with Crippen molar-refractivity contribution in [1.82, 2.24) is 0 Å². The van der Waals surface area contributed by atoms with E-state index in [0.717, 1.165) is 0 Å². The summed E-state index contributed by atoms with van der Waals surface area (Å²) in [6.07, 6.45) is 5.40. The molecule has 74 valence electrons. The van der Waals surface area contributed by atoms with Crippen molar-refractivity contribution < 1.29 is 9.47 Å². The molecule has 0 fully saturated rings. The van der Waals surface area contributed by atoms with Crippen LogP contribution < -0.4 is 9.47 Å². The van der Waals surface area contributed by atoms with E-state index < -0.39 is 0 Å². The monoisotopic (exact) mass is 190 g/mol. The van der Waals surface area contributed by atoms with Gasteiger partial charge in [-0.2, -0.15) is 0 Å². The van der Waals surface area contributed by atoms with E-state index in [-0.39, 0.29) is 0 Å². The summed E-state index contributed by atoms with van der Waals surface area (Å²) >= 11 is 0. The third-order valence-corrected chi connectivity index (χ3v) is 1.73. The van der Waals surface area contributed by atoms with E-state index in [1.165, 1.54) is 0 Å². The van der Waals surface area contributed by atoms with Gasteiger partial charge in [0.2, 0.25) is 0 Å². The van der Waals surface area contributed by atoms with E-state index in [4.69, 9.17) is 15.9 Å². The Bertz CT molecular complexity index is 312. The number of rotatable bonds is 4. The summed E-state index contributed by atoms with van der Waals surface area (Å²) in [5, 5.41) is 0. The normalized spacial score (nSPS) is 9.21. The summed E-state index contributed by atoms with van der Waals surface area (Å²) in [5.41, 5.74) is 0.691. The molecule has 0 unspecified atom stereocenters. The van der Waals surface area contributed by atoms with Gasteiger partial charge in [0.25, 0.3) is 0 Å². The maximum absolute atomic E-state index is 5.40. The Morgan fingerprint density at radius 3 is 2.00 bits per heavy atom. The molecule has 0 saturated heterocycles. The molecule has 0 heterocycles. The van der Waals surface area contributed by atoms with Crippen LogP contribution in [-0.4, -0.2) is 13.2 Å². The minimum absolute atomic E-state index is 0.601. The molecular weight excluding hydrogens is 176 g/mol. The third kappa shape index (κ3) is 2.20. The van der Waals surface area contributed by atoms with Crippen molar-refractivity contribution in [2.75, 3.05) is 13.2 Å². The van der Waals surface area contributed by atoms with Gasteiger partial charge >= 0.3 is 0 Å². The van der Waals surface area contributed by atoms with Crippen molar-refractivity contribution >= 4 is 0 Å². The van der Waals surface area contributed by atoms with Gasteiger partial charge < -0.3 is 9.47 Å². The van der Waals surface area contributed by atoms with Gasteiger partial charge in [-0.25, -0.2) is 0 Å². The van der Waals surface area contributed by atoms with Gasteiger partial charge in [-0.3, -0.25) is 0 Å². The quantitative estimate of drug-likeness (QED) is 0.679. The minimum Gasteiger partial charge on any atom is -0.492 e. The van der Waals surface area contributed by atoms with Crippen LogP contribution in [0.1, 0.15) is 19.4 Å². The average molecular weight is 190 g/mol. The summed E-state index contributed by atoms with van der Waals surface area (Å²) < 4.78 is 10.8. The van der Waals surface area contributed by atoms with Crippen molar-refractivity contribution in [1.29, 1.82) is 0 Å². The molecule has 0 spiro atoms. The fraction of sp³-hybridized carbons (Fsp3) is 0.333. The van der Waals surface area contributed by atoms with E-state index in [1.54, 1.807) is 0 Å². The fourth-order valence-corrected chi connectivity index (χ4v) is 1.20. The number of hydrogen-bond donors (Lipinski definition) is 0. The average Bonchev–Trinajstić information content (AvgIpc) is 2.19. The highest BCUT2D eigenvalue weighted by atomic mass is 16.5. The predicted molar refractivity (Wildman–Crippen MR) is 56.7 cm³/mol. The van der Waals surface area contributed by atoms with Crippen molar-refractivity contribution in [2.45, 2.75) is 13.8 Å². The molecule has 2 nitrogen and oxygen atoms in total. The van der Waals surface area contributed by atoms with Crippen LogP contribution in [0.4, 0.5) is 0 Å².